The number of ether oxygens (including phenoxy) is 4. The van der Waals surface area contributed by atoms with Crippen LogP contribution in [-0.2, 0) is 11.2 Å². The van der Waals surface area contributed by atoms with Gasteiger partial charge in [-0.3, -0.25) is 0 Å². The van der Waals surface area contributed by atoms with Crippen LogP contribution in [0.25, 0.3) is 0 Å². The van der Waals surface area contributed by atoms with Gasteiger partial charge in [-0.1, -0.05) is 12.1 Å². The Labute approximate surface area is 181 Å². The normalized spacial score (nSPS) is 26.9. The summed E-state index contributed by atoms with van der Waals surface area (Å²) in [6.07, 6.45) is -7.43. The minimum atomic E-state index is -1.53. The van der Waals surface area contributed by atoms with E-state index < -0.39 is 36.8 Å². The van der Waals surface area contributed by atoms with Crippen molar-refractivity contribution in [2.75, 3.05) is 14.2 Å². The molecule has 3 rings (SSSR count). The highest BCUT2D eigenvalue weighted by atomic mass is 16.7. The van der Waals surface area contributed by atoms with Crippen LogP contribution in [0.4, 0.5) is 0 Å². The van der Waals surface area contributed by atoms with Crippen molar-refractivity contribution < 1.29 is 39.4 Å². The fourth-order valence-corrected chi connectivity index (χ4v) is 3.64. The average molecular weight is 434 g/mol. The molecule has 0 bridgehead atoms. The summed E-state index contributed by atoms with van der Waals surface area (Å²) in [5, 5.41) is 40.6. The minimum Gasteiger partial charge on any atom is -0.497 e. The molecule has 0 amide bonds. The lowest BCUT2D eigenvalue weighted by Gasteiger charge is -2.41. The number of benzene rings is 2. The Balaban J connectivity index is 1.92. The molecule has 0 aromatic heterocycles. The molecule has 2 aromatic rings. The summed E-state index contributed by atoms with van der Waals surface area (Å²) in [5.74, 6) is 1.72. The van der Waals surface area contributed by atoms with Crippen molar-refractivity contribution in [3.05, 3.63) is 53.1 Å². The van der Waals surface area contributed by atoms with E-state index in [0.29, 0.717) is 17.9 Å². The van der Waals surface area contributed by atoms with Crippen LogP contribution < -0.4 is 14.2 Å². The largest absolute Gasteiger partial charge is 0.497 e. The van der Waals surface area contributed by atoms with Gasteiger partial charge in [-0.2, -0.15) is 0 Å². The van der Waals surface area contributed by atoms with Crippen LogP contribution in [0.2, 0.25) is 0 Å². The van der Waals surface area contributed by atoms with Gasteiger partial charge in [0.15, 0.2) is 0 Å². The highest BCUT2D eigenvalue weighted by Gasteiger charge is 2.46. The van der Waals surface area contributed by atoms with Crippen LogP contribution in [-0.4, -0.2) is 71.5 Å². The number of hydrogen-bond acceptors (Lipinski definition) is 8. The number of aliphatic hydroxyl groups is 4. The van der Waals surface area contributed by atoms with Gasteiger partial charge in [-0.25, -0.2) is 0 Å². The van der Waals surface area contributed by atoms with Crippen molar-refractivity contribution in [1.29, 1.82) is 0 Å². The van der Waals surface area contributed by atoms with Crippen molar-refractivity contribution in [2.45, 2.75) is 57.1 Å². The summed E-state index contributed by atoms with van der Waals surface area (Å²) in [4.78, 5) is 0. The minimum absolute atomic E-state index is 0.407. The third kappa shape index (κ3) is 5.11. The summed E-state index contributed by atoms with van der Waals surface area (Å²) in [5.41, 5.74) is 2.76. The molecule has 6 atom stereocenters. The highest BCUT2D eigenvalue weighted by molar-refractivity contribution is 5.48. The van der Waals surface area contributed by atoms with E-state index in [-0.39, 0.29) is 0 Å². The van der Waals surface area contributed by atoms with Crippen LogP contribution in [0.5, 0.6) is 17.2 Å². The molecular formula is C23H30O8. The highest BCUT2D eigenvalue weighted by Crippen LogP contribution is 2.34. The second-order valence-corrected chi connectivity index (χ2v) is 7.75. The molecule has 1 heterocycles. The summed E-state index contributed by atoms with van der Waals surface area (Å²) < 4.78 is 22.1. The molecule has 0 aliphatic carbocycles. The van der Waals surface area contributed by atoms with Crippen molar-refractivity contribution in [1.82, 2.24) is 0 Å². The van der Waals surface area contributed by atoms with Crippen LogP contribution in [0, 0.1) is 6.92 Å². The van der Waals surface area contributed by atoms with Gasteiger partial charge in [-0.05, 0) is 43.2 Å². The van der Waals surface area contributed by atoms with Crippen LogP contribution in [0.3, 0.4) is 0 Å². The fraction of sp³-hybridized carbons (Fsp3) is 0.478. The summed E-state index contributed by atoms with van der Waals surface area (Å²) in [6.45, 7) is 3.35. The first-order valence-electron chi connectivity index (χ1n) is 10.1. The molecular weight excluding hydrogens is 404 g/mol. The van der Waals surface area contributed by atoms with Crippen molar-refractivity contribution in [2.24, 2.45) is 0 Å². The van der Waals surface area contributed by atoms with Crippen molar-refractivity contribution in [3.63, 3.8) is 0 Å². The Bertz CT molecular complexity index is 867. The quantitative estimate of drug-likeness (QED) is 0.513. The average Bonchev–Trinajstić information content (AvgIpc) is 2.76. The van der Waals surface area contributed by atoms with Gasteiger partial charge in [0.05, 0.1) is 20.3 Å². The molecule has 0 spiro atoms. The van der Waals surface area contributed by atoms with E-state index >= 15 is 0 Å². The van der Waals surface area contributed by atoms with Crippen molar-refractivity contribution >= 4 is 0 Å². The van der Waals surface area contributed by atoms with Gasteiger partial charge in [0.1, 0.15) is 41.7 Å². The first-order valence-corrected chi connectivity index (χ1v) is 10.1. The Morgan fingerprint density at radius 1 is 0.935 bits per heavy atom. The maximum atomic E-state index is 10.4. The lowest BCUT2D eigenvalue weighted by Crippen LogP contribution is -2.61. The van der Waals surface area contributed by atoms with E-state index in [1.807, 2.05) is 37.3 Å². The first kappa shape index (κ1) is 23.3. The molecule has 31 heavy (non-hydrogen) atoms. The molecule has 1 saturated heterocycles. The Morgan fingerprint density at radius 2 is 1.58 bits per heavy atom. The second-order valence-electron chi connectivity index (χ2n) is 7.75. The van der Waals surface area contributed by atoms with Gasteiger partial charge in [0.25, 0.3) is 0 Å². The summed E-state index contributed by atoms with van der Waals surface area (Å²) >= 11 is 0. The topological polar surface area (TPSA) is 118 Å². The van der Waals surface area contributed by atoms with Gasteiger partial charge in [0, 0.05) is 18.1 Å². The second kappa shape index (κ2) is 9.84. The molecule has 8 heteroatoms. The maximum absolute atomic E-state index is 10.4. The van der Waals surface area contributed by atoms with Crippen LogP contribution >= 0.6 is 0 Å². The number of methoxy groups -OCH3 is 2. The lowest BCUT2D eigenvalue weighted by molar-refractivity contribution is -0.286. The zero-order chi connectivity index (χ0) is 22.7. The SMILES string of the molecule is COc1ccc(Cc2c(C)cc(OC)cc2O[C@@H]2OC([C@@H](C)O)[C@@H](O)[C@H](O)[C@H]2O)cc1. The van der Waals surface area contributed by atoms with E-state index in [2.05, 4.69) is 0 Å². The number of hydrogen-bond donors (Lipinski definition) is 4. The zero-order valence-corrected chi connectivity index (χ0v) is 18.1. The molecule has 0 saturated carbocycles. The van der Waals surface area contributed by atoms with Crippen LogP contribution in [0.1, 0.15) is 23.6 Å². The summed E-state index contributed by atoms with van der Waals surface area (Å²) in [7, 11) is 3.15. The lowest BCUT2D eigenvalue weighted by atomic mass is 9.95. The first-order chi connectivity index (χ1) is 14.7. The summed E-state index contributed by atoms with van der Waals surface area (Å²) in [6, 6.07) is 11.2. The number of aryl methyl sites for hydroxylation is 1. The van der Waals surface area contributed by atoms with Gasteiger partial charge < -0.3 is 39.4 Å². The fourth-order valence-electron chi connectivity index (χ4n) is 3.64. The Morgan fingerprint density at radius 3 is 2.16 bits per heavy atom. The zero-order valence-electron chi connectivity index (χ0n) is 18.1. The molecule has 1 aliphatic rings. The standard InChI is InChI=1S/C23H30O8/c1-12-9-16(29-4)11-18(17(12)10-14-5-7-15(28-3)8-6-14)30-23-21(27)19(25)20(26)22(31-23)13(2)24/h5-9,11,13,19-27H,10H2,1-4H3/t13-,19+,20+,21-,22?,23-/m1/s1. The van der Waals surface area contributed by atoms with Gasteiger partial charge in [-0.15, -0.1) is 0 Å². The monoisotopic (exact) mass is 434 g/mol. The number of rotatable bonds is 7. The van der Waals surface area contributed by atoms with E-state index in [1.54, 1.807) is 13.2 Å². The van der Waals surface area contributed by atoms with Crippen molar-refractivity contribution in [3.8, 4) is 17.2 Å². The molecule has 8 nitrogen and oxygen atoms in total. The van der Waals surface area contributed by atoms with E-state index in [1.165, 1.54) is 14.0 Å². The van der Waals surface area contributed by atoms with Crippen LogP contribution in [0.15, 0.2) is 36.4 Å². The predicted molar refractivity (Wildman–Crippen MR) is 113 cm³/mol. The van der Waals surface area contributed by atoms with E-state index in [4.69, 9.17) is 18.9 Å². The molecule has 1 fully saturated rings. The number of aliphatic hydroxyl groups excluding tert-OH is 4. The molecule has 170 valence electrons. The molecule has 1 aliphatic heterocycles. The van der Waals surface area contributed by atoms with Gasteiger partial charge >= 0.3 is 0 Å². The van der Waals surface area contributed by atoms with E-state index in [9.17, 15) is 20.4 Å². The Kier molecular flexibility index (Phi) is 7.40. The molecule has 4 N–H and O–H groups in total. The maximum Gasteiger partial charge on any atom is 0.229 e. The molecule has 0 radical (unpaired) electrons. The predicted octanol–water partition coefficient (Wildman–Crippen LogP) is 1.17. The third-order valence-electron chi connectivity index (χ3n) is 5.51. The van der Waals surface area contributed by atoms with Gasteiger partial charge in [0.2, 0.25) is 6.29 Å². The third-order valence-corrected chi connectivity index (χ3v) is 5.51. The molecule has 1 unspecified atom stereocenters. The smallest absolute Gasteiger partial charge is 0.229 e. The Hall–Kier alpha value is -2.36. The van der Waals surface area contributed by atoms with E-state index in [0.717, 1.165) is 22.4 Å². The molecule has 2 aromatic carbocycles.